The highest BCUT2D eigenvalue weighted by molar-refractivity contribution is 9.09. The van der Waals surface area contributed by atoms with Gasteiger partial charge in [-0.1, -0.05) is 53.2 Å². The Morgan fingerprint density at radius 3 is 2.42 bits per heavy atom. The Morgan fingerprint density at radius 1 is 1.21 bits per heavy atom. The van der Waals surface area contributed by atoms with Crippen molar-refractivity contribution in [2.45, 2.75) is 39.7 Å². The molecular weight excluding hydrogens is 300 g/mol. The van der Waals surface area contributed by atoms with Crippen LogP contribution in [0.1, 0.15) is 35.4 Å². The molecule has 1 aromatic carbocycles. The first-order chi connectivity index (χ1) is 9.17. The van der Waals surface area contributed by atoms with Gasteiger partial charge in [0.2, 0.25) is 0 Å². The van der Waals surface area contributed by atoms with Crippen molar-refractivity contribution < 1.29 is 0 Å². The van der Waals surface area contributed by atoms with E-state index < -0.39 is 0 Å². The first-order valence-electron chi connectivity index (χ1n) is 6.81. The second-order valence-electron chi connectivity index (χ2n) is 4.95. The van der Waals surface area contributed by atoms with Crippen LogP contribution in [0.25, 0.3) is 0 Å². The Balaban J connectivity index is 2.24. The van der Waals surface area contributed by atoms with E-state index in [-0.39, 0.29) is 0 Å². The van der Waals surface area contributed by atoms with E-state index in [1.165, 1.54) is 22.5 Å². The summed E-state index contributed by atoms with van der Waals surface area (Å²) in [5.74, 6) is 0.462. The molecule has 102 valence electrons. The number of aromatic nitrogens is 2. The smallest absolute Gasteiger partial charge is 0.0628 e. The number of nitrogens with zero attached hydrogens (tertiary/aromatic N) is 2. The third-order valence-corrected chi connectivity index (χ3v) is 4.52. The lowest BCUT2D eigenvalue weighted by atomic mass is 10.0. The predicted molar refractivity (Wildman–Crippen MR) is 84.1 cm³/mol. The summed E-state index contributed by atoms with van der Waals surface area (Å²) >= 11 is 3.64. The zero-order chi connectivity index (χ0) is 13.8. The van der Waals surface area contributed by atoms with E-state index in [9.17, 15) is 0 Å². The molecule has 2 nitrogen and oxygen atoms in total. The molecule has 0 amide bonds. The van der Waals surface area contributed by atoms with Crippen LogP contribution in [0.5, 0.6) is 0 Å². The monoisotopic (exact) mass is 320 g/mol. The van der Waals surface area contributed by atoms with Crippen molar-refractivity contribution in [1.29, 1.82) is 0 Å². The van der Waals surface area contributed by atoms with E-state index in [0.717, 1.165) is 18.3 Å². The fraction of sp³-hybridized carbons (Fsp3) is 0.438. The summed E-state index contributed by atoms with van der Waals surface area (Å²) in [5, 5.41) is 5.65. The molecule has 0 saturated carbocycles. The average molecular weight is 321 g/mol. The van der Waals surface area contributed by atoms with Crippen LogP contribution in [0.4, 0.5) is 0 Å². The summed E-state index contributed by atoms with van der Waals surface area (Å²) in [4.78, 5) is 0. The van der Waals surface area contributed by atoms with E-state index in [1.807, 2.05) is 0 Å². The second kappa shape index (κ2) is 6.38. The Hall–Kier alpha value is -1.09. The lowest BCUT2D eigenvalue weighted by Crippen LogP contribution is -2.13. The van der Waals surface area contributed by atoms with Gasteiger partial charge in [0.1, 0.15) is 0 Å². The third kappa shape index (κ3) is 3.08. The van der Waals surface area contributed by atoms with Crippen LogP contribution in [0, 0.1) is 13.8 Å². The molecule has 0 N–H and O–H groups in total. The van der Waals surface area contributed by atoms with Crippen LogP contribution >= 0.6 is 15.9 Å². The lowest BCUT2D eigenvalue weighted by molar-refractivity contribution is 0.535. The standard InChI is InChI=1S/C16H21BrN2/c1-4-16-12(2)18-19(13(16)3)11-15(10-17)14-8-6-5-7-9-14/h5-9,15H,4,10-11H2,1-3H3. The molecule has 0 aliphatic heterocycles. The molecule has 2 rings (SSSR count). The van der Waals surface area contributed by atoms with Gasteiger partial charge in [0.05, 0.1) is 5.69 Å². The van der Waals surface area contributed by atoms with Gasteiger partial charge in [0.15, 0.2) is 0 Å². The highest BCUT2D eigenvalue weighted by atomic mass is 79.9. The summed E-state index contributed by atoms with van der Waals surface area (Å²) in [5.41, 5.74) is 5.23. The molecule has 0 bridgehead atoms. The molecule has 19 heavy (non-hydrogen) atoms. The molecule has 0 fully saturated rings. The Kier molecular flexibility index (Phi) is 4.81. The minimum Gasteiger partial charge on any atom is -0.269 e. The van der Waals surface area contributed by atoms with Crippen LogP contribution in [-0.4, -0.2) is 15.1 Å². The highest BCUT2D eigenvalue weighted by Gasteiger charge is 2.15. The topological polar surface area (TPSA) is 17.8 Å². The second-order valence-corrected chi connectivity index (χ2v) is 5.59. The molecule has 1 heterocycles. The zero-order valence-corrected chi connectivity index (χ0v) is 13.4. The maximum absolute atomic E-state index is 4.69. The molecule has 2 aromatic rings. The summed E-state index contributed by atoms with van der Waals surface area (Å²) in [6.07, 6.45) is 1.06. The molecule has 0 saturated heterocycles. The summed E-state index contributed by atoms with van der Waals surface area (Å²) in [7, 11) is 0. The molecule has 0 radical (unpaired) electrons. The van der Waals surface area contributed by atoms with Gasteiger partial charge in [-0.05, 0) is 31.4 Å². The Morgan fingerprint density at radius 2 is 1.89 bits per heavy atom. The fourth-order valence-corrected chi connectivity index (χ4v) is 3.18. The van der Waals surface area contributed by atoms with Crippen molar-refractivity contribution in [1.82, 2.24) is 9.78 Å². The maximum atomic E-state index is 4.69. The van der Waals surface area contributed by atoms with Gasteiger partial charge in [-0.15, -0.1) is 0 Å². The minimum absolute atomic E-state index is 0.462. The molecule has 0 aliphatic carbocycles. The van der Waals surface area contributed by atoms with Gasteiger partial charge in [-0.3, -0.25) is 4.68 Å². The number of hydrogen-bond acceptors (Lipinski definition) is 1. The summed E-state index contributed by atoms with van der Waals surface area (Å²) in [6.45, 7) is 7.41. The third-order valence-electron chi connectivity index (χ3n) is 3.74. The first kappa shape index (κ1) is 14.3. The molecule has 1 aromatic heterocycles. The zero-order valence-electron chi connectivity index (χ0n) is 11.9. The molecular formula is C16H21BrN2. The largest absolute Gasteiger partial charge is 0.269 e. The normalized spacial score (nSPS) is 12.6. The van der Waals surface area contributed by atoms with Crippen molar-refractivity contribution in [2.75, 3.05) is 5.33 Å². The van der Waals surface area contributed by atoms with Gasteiger partial charge in [0.25, 0.3) is 0 Å². The van der Waals surface area contributed by atoms with E-state index in [1.54, 1.807) is 0 Å². The molecule has 1 atom stereocenters. The van der Waals surface area contributed by atoms with E-state index >= 15 is 0 Å². The number of aryl methyl sites for hydroxylation is 1. The van der Waals surface area contributed by atoms with E-state index in [0.29, 0.717) is 5.92 Å². The minimum atomic E-state index is 0.462. The maximum Gasteiger partial charge on any atom is 0.0628 e. The average Bonchev–Trinajstić information content (AvgIpc) is 2.71. The van der Waals surface area contributed by atoms with Gasteiger partial charge < -0.3 is 0 Å². The van der Waals surface area contributed by atoms with Crippen molar-refractivity contribution in [3.63, 3.8) is 0 Å². The van der Waals surface area contributed by atoms with E-state index in [4.69, 9.17) is 5.10 Å². The Labute approximate surface area is 124 Å². The number of hydrogen-bond donors (Lipinski definition) is 0. The van der Waals surface area contributed by atoms with Gasteiger partial charge in [-0.25, -0.2) is 0 Å². The summed E-state index contributed by atoms with van der Waals surface area (Å²) in [6, 6.07) is 10.7. The van der Waals surface area contributed by atoms with Crippen LogP contribution in [0.2, 0.25) is 0 Å². The predicted octanol–water partition coefficient (Wildman–Crippen LogP) is 4.24. The molecule has 1 unspecified atom stereocenters. The van der Waals surface area contributed by atoms with Crippen LogP contribution in [0.3, 0.4) is 0 Å². The lowest BCUT2D eigenvalue weighted by Gasteiger charge is -2.16. The van der Waals surface area contributed by atoms with Crippen LogP contribution < -0.4 is 0 Å². The molecule has 3 heteroatoms. The van der Waals surface area contributed by atoms with Crippen LogP contribution in [0.15, 0.2) is 30.3 Å². The van der Waals surface area contributed by atoms with Crippen molar-refractivity contribution >= 4 is 15.9 Å². The van der Waals surface area contributed by atoms with Crippen molar-refractivity contribution in [2.24, 2.45) is 0 Å². The quantitative estimate of drug-likeness (QED) is 0.753. The van der Waals surface area contributed by atoms with Crippen molar-refractivity contribution in [3.05, 3.63) is 52.8 Å². The van der Waals surface area contributed by atoms with Crippen molar-refractivity contribution in [3.8, 4) is 0 Å². The van der Waals surface area contributed by atoms with Crippen LogP contribution in [-0.2, 0) is 13.0 Å². The van der Waals surface area contributed by atoms with E-state index in [2.05, 4.69) is 71.7 Å². The number of benzene rings is 1. The molecule has 0 spiro atoms. The fourth-order valence-electron chi connectivity index (χ4n) is 2.60. The highest BCUT2D eigenvalue weighted by Crippen LogP contribution is 2.22. The number of halogens is 1. The summed E-state index contributed by atoms with van der Waals surface area (Å²) < 4.78 is 2.16. The number of rotatable bonds is 5. The Bertz CT molecular complexity index is 531. The van der Waals surface area contributed by atoms with Gasteiger partial charge in [0, 0.05) is 23.5 Å². The first-order valence-corrected chi connectivity index (χ1v) is 7.93. The number of alkyl halides is 1. The SMILES string of the molecule is CCc1c(C)nn(CC(CBr)c2ccccc2)c1C. The van der Waals surface area contributed by atoms with Gasteiger partial charge >= 0.3 is 0 Å². The molecule has 0 aliphatic rings. The van der Waals surface area contributed by atoms with Gasteiger partial charge in [-0.2, -0.15) is 5.10 Å².